The van der Waals surface area contributed by atoms with Gasteiger partial charge in [-0.3, -0.25) is 15.3 Å². The molecule has 0 saturated carbocycles. The molecule has 13 nitrogen and oxygen atoms in total. The Bertz CT molecular complexity index is 1690. The molecule has 1 heterocycles. The molecule has 280 valence electrons. The van der Waals surface area contributed by atoms with E-state index in [9.17, 15) is 9.90 Å². The Balaban J connectivity index is 1.20. The lowest BCUT2D eigenvalue weighted by molar-refractivity contribution is -0.492. The van der Waals surface area contributed by atoms with Crippen LogP contribution in [0.5, 0.6) is 17.2 Å². The molecule has 0 radical (unpaired) electrons. The fourth-order valence-corrected chi connectivity index (χ4v) is 6.27. The summed E-state index contributed by atoms with van der Waals surface area (Å²) < 4.78 is 34.8. The molecule has 0 bridgehead atoms. The van der Waals surface area contributed by atoms with E-state index < -0.39 is 24.2 Å². The predicted octanol–water partition coefficient (Wildman–Crippen LogP) is 6.12. The number of rotatable bonds is 19. The van der Waals surface area contributed by atoms with Crippen LogP contribution in [0.25, 0.3) is 10.8 Å². The maximum Gasteiger partial charge on any atom is 0.409 e. The van der Waals surface area contributed by atoms with Crippen molar-refractivity contribution in [3.05, 3.63) is 102 Å². The Kier molecular flexibility index (Phi) is 14.9. The van der Waals surface area contributed by atoms with E-state index in [2.05, 4.69) is 4.84 Å². The van der Waals surface area contributed by atoms with Crippen molar-refractivity contribution in [3.63, 3.8) is 0 Å². The lowest BCUT2D eigenvalue weighted by atomic mass is 9.84. The number of para-hydroxylation sites is 1. The van der Waals surface area contributed by atoms with Crippen LogP contribution in [-0.4, -0.2) is 97.8 Å². The maximum absolute atomic E-state index is 13.1. The van der Waals surface area contributed by atoms with Crippen LogP contribution in [0.15, 0.2) is 84.9 Å². The van der Waals surface area contributed by atoms with Gasteiger partial charge in [0.1, 0.15) is 17.2 Å². The highest BCUT2D eigenvalue weighted by Gasteiger charge is 2.40. The predicted molar refractivity (Wildman–Crippen MR) is 191 cm³/mol. The molecule has 1 fully saturated rings. The van der Waals surface area contributed by atoms with Gasteiger partial charge in [-0.25, -0.2) is 4.79 Å². The van der Waals surface area contributed by atoms with Crippen molar-refractivity contribution >= 4 is 16.9 Å². The Morgan fingerprint density at radius 3 is 2.35 bits per heavy atom. The topological polar surface area (TPSA) is 149 Å². The van der Waals surface area contributed by atoms with Gasteiger partial charge in [0, 0.05) is 23.3 Å². The zero-order valence-corrected chi connectivity index (χ0v) is 29.6. The van der Waals surface area contributed by atoms with Crippen LogP contribution in [0, 0.1) is 0 Å². The fourth-order valence-electron chi connectivity index (χ4n) is 6.27. The van der Waals surface area contributed by atoms with E-state index in [0.717, 1.165) is 39.0 Å². The van der Waals surface area contributed by atoms with Gasteiger partial charge in [-0.15, -0.1) is 0 Å². The molecular formula is C39H48N2O11. The molecule has 0 aromatic heterocycles. The van der Waals surface area contributed by atoms with Crippen molar-refractivity contribution in [1.82, 2.24) is 10.3 Å². The van der Waals surface area contributed by atoms with Crippen LogP contribution >= 0.6 is 0 Å². The second-order valence-electron chi connectivity index (χ2n) is 12.4. The lowest BCUT2D eigenvalue weighted by Gasteiger charge is -2.41. The van der Waals surface area contributed by atoms with Crippen LogP contribution < -0.4 is 14.2 Å². The molecule has 1 aliphatic rings. The van der Waals surface area contributed by atoms with Crippen molar-refractivity contribution in [1.29, 1.82) is 0 Å². The number of β-amino-alcohol motifs (C(OH)–C–C–N with tert-alkyl or cyclic N) is 1. The van der Waals surface area contributed by atoms with Gasteiger partial charge in [0.2, 0.25) is 0 Å². The maximum atomic E-state index is 13.1. The van der Waals surface area contributed by atoms with Gasteiger partial charge in [-0.05, 0) is 59.7 Å². The quantitative estimate of drug-likeness (QED) is 0.0758. The SMILES string of the molecule is COc1ccccc1COCCCOc1ccc(C2C(O)CN(C(=O)OCCCCON(O)O)CC2OCc2cc(OC)c3ccccc3c2)cc1. The van der Waals surface area contributed by atoms with Crippen LogP contribution in [-0.2, 0) is 32.3 Å². The first-order chi connectivity index (χ1) is 25.4. The molecule has 1 saturated heterocycles. The summed E-state index contributed by atoms with van der Waals surface area (Å²) in [5.41, 5.74) is 2.74. The number of ether oxygens (including phenoxy) is 6. The van der Waals surface area contributed by atoms with E-state index in [0.29, 0.717) is 44.8 Å². The smallest absolute Gasteiger partial charge is 0.409 e. The van der Waals surface area contributed by atoms with E-state index in [1.165, 1.54) is 4.90 Å². The molecule has 1 aliphatic heterocycles. The van der Waals surface area contributed by atoms with E-state index in [-0.39, 0.29) is 38.3 Å². The molecule has 0 aliphatic carbocycles. The summed E-state index contributed by atoms with van der Waals surface area (Å²) in [5, 5.41) is 30.4. The zero-order valence-electron chi connectivity index (χ0n) is 29.6. The van der Waals surface area contributed by atoms with Crippen molar-refractivity contribution in [3.8, 4) is 17.2 Å². The molecule has 3 N–H and O–H groups in total. The second kappa shape index (κ2) is 20.0. The highest BCUT2D eigenvalue weighted by atomic mass is 17.1. The number of amides is 1. The third-order valence-electron chi connectivity index (χ3n) is 8.84. The number of piperidine rings is 1. The number of nitrogens with zero attached hydrogens (tertiary/aromatic N) is 2. The second-order valence-corrected chi connectivity index (χ2v) is 12.4. The summed E-state index contributed by atoms with van der Waals surface area (Å²) in [6, 6.07) is 27.3. The number of likely N-dealkylation sites (tertiary alicyclic amines) is 1. The average molecular weight is 721 g/mol. The van der Waals surface area contributed by atoms with Crippen LogP contribution in [0.3, 0.4) is 0 Å². The molecule has 4 aromatic carbocycles. The number of benzene rings is 4. The molecule has 1 amide bonds. The van der Waals surface area contributed by atoms with Crippen LogP contribution in [0.1, 0.15) is 41.9 Å². The van der Waals surface area contributed by atoms with E-state index in [4.69, 9.17) is 38.8 Å². The first kappa shape index (κ1) is 38.8. The Hall–Kier alpha value is -4.47. The Labute approximate surface area is 303 Å². The zero-order chi connectivity index (χ0) is 36.7. The number of hydrogen-bond donors (Lipinski definition) is 3. The molecule has 3 unspecified atom stereocenters. The summed E-state index contributed by atoms with van der Waals surface area (Å²) in [6.45, 7) is 2.11. The highest BCUT2D eigenvalue weighted by Crippen LogP contribution is 2.34. The van der Waals surface area contributed by atoms with E-state index in [1.54, 1.807) is 14.2 Å². The number of unbranched alkanes of at least 4 members (excludes halogenated alkanes) is 1. The first-order valence-corrected chi connectivity index (χ1v) is 17.4. The minimum absolute atomic E-state index is 0.0488. The fraction of sp³-hybridized carbons (Fsp3) is 0.410. The van der Waals surface area contributed by atoms with Gasteiger partial charge < -0.3 is 38.4 Å². The molecule has 5 rings (SSSR count). The van der Waals surface area contributed by atoms with Gasteiger partial charge in [0.15, 0.2) is 0 Å². The molecular weight excluding hydrogens is 672 g/mol. The number of methoxy groups -OCH3 is 2. The van der Waals surface area contributed by atoms with Gasteiger partial charge in [0.05, 0.1) is 84.5 Å². The van der Waals surface area contributed by atoms with Gasteiger partial charge in [-0.1, -0.05) is 54.6 Å². The first-order valence-electron chi connectivity index (χ1n) is 17.4. The minimum Gasteiger partial charge on any atom is -0.496 e. The molecule has 4 aromatic rings. The summed E-state index contributed by atoms with van der Waals surface area (Å²) in [4.78, 5) is 19.0. The lowest BCUT2D eigenvalue weighted by Crippen LogP contribution is -2.53. The van der Waals surface area contributed by atoms with E-state index >= 15 is 0 Å². The van der Waals surface area contributed by atoms with Crippen molar-refractivity contribution in [2.75, 3.05) is 53.7 Å². The molecule has 0 spiro atoms. The summed E-state index contributed by atoms with van der Waals surface area (Å²) in [5.74, 6) is 1.80. The molecule has 3 atom stereocenters. The number of carbonyl (C=O) groups excluding carboxylic acids is 1. The monoisotopic (exact) mass is 720 g/mol. The number of carbonyl (C=O) groups is 1. The number of fused-ring (bicyclic) bond motifs is 1. The number of hydrogen-bond acceptors (Lipinski definition) is 12. The van der Waals surface area contributed by atoms with Crippen LogP contribution in [0.4, 0.5) is 4.79 Å². The van der Waals surface area contributed by atoms with Crippen molar-refractivity contribution < 1.29 is 53.6 Å². The van der Waals surface area contributed by atoms with Gasteiger partial charge in [0.25, 0.3) is 0 Å². The van der Waals surface area contributed by atoms with Crippen LogP contribution in [0.2, 0.25) is 0 Å². The normalized spacial score (nSPS) is 17.3. The highest BCUT2D eigenvalue weighted by molar-refractivity contribution is 5.89. The van der Waals surface area contributed by atoms with E-state index in [1.807, 2.05) is 84.9 Å². The largest absolute Gasteiger partial charge is 0.496 e. The Morgan fingerprint density at radius 1 is 0.808 bits per heavy atom. The minimum atomic E-state index is -0.932. The summed E-state index contributed by atoms with van der Waals surface area (Å²) in [7, 11) is 3.28. The van der Waals surface area contributed by atoms with Crippen molar-refractivity contribution in [2.24, 2.45) is 0 Å². The van der Waals surface area contributed by atoms with Gasteiger partial charge in [-0.2, -0.15) is 0 Å². The van der Waals surface area contributed by atoms with Gasteiger partial charge >= 0.3 is 6.09 Å². The third-order valence-corrected chi connectivity index (χ3v) is 8.84. The summed E-state index contributed by atoms with van der Waals surface area (Å²) in [6.07, 6.45) is -0.466. The number of aliphatic hydroxyl groups is 1. The third kappa shape index (κ3) is 11.0. The summed E-state index contributed by atoms with van der Waals surface area (Å²) >= 11 is 0. The Morgan fingerprint density at radius 2 is 1.56 bits per heavy atom. The number of aliphatic hydroxyl groups excluding tert-OH is 1. The molecule has 13 heteroatoms. The molecule has 52 heavy (non-hydrogen) atoms. The average Bonchev–Trinajstić information content (AvgIpc) is 3.16. The standard InChI is InChI=1S/C39H48N2O11/c1-46-35-13-6-4-11-31(35)27-48-18-9-20-49-32-16-14-29(15-17-32)38-34(42)24-40(39(43)50-19-7-8-21-52-41(44)45)25-37(38)51-26-28-22-30-10-3-5-12-33(30)36(23-28)47-2/h3-6,10-17,22-23,34,37-38,42,44-45H,7-9,18-21,24-27H2,1-2H3. The van der Waals surface area contributed by atoms with Crippen molar-refractivity contribution in [2.45, 2.75) is 50.6 Å².